The average Bonchev–Trinajstić information content (AvgIpc) is 0.775. The first-order valence-electron chi connectivity index (χ1n) is 29.1. The molecule has 0 spiro atoms. The van der Waals surface area contributed by atoms with E-state index in [0.717, 1.165) is 20.8 Å². The summed E-state index contributed by atoms with van der Waals surface area (Å²) < 4.78 is 76.2. The summed E-state index contributed by atoms with van der Waals surface area (Å²) >= 11 is 0. The molecular weight excluding hydrogens is 1260 g/mol. The summed E-state index contributed by atoms with van der Waals surface area (Å²) in [4.78, 5) is 51.8. The molecule has 7 aliphatic rings. The van der Waals surface area contributed by atoms with Crippen LogP contribution in [0.15, 0.2) is 0 Å². The maximum atomic E-state index is 13.3. The van der Waals surface area contributed by atoms with Crippen molar-refractivity contribution < 1.29 is 188 Å². The predicted molar refractivity (Wildman–Crippen MR) is 282 cm³/mol. The fraction of sp³-hybridized carbons (Fsp3) is 0.922. The van der Waals surface area contributed by atoms with Crippen LogP contribution in [0.5, 0.6) is 0 Å². The lowest BCUT2D eigenvalue weighted by atomic mass is 9.90. The first kappa shape index (κ1) is 75.9. The minimum atomic E-state index is -3.25. The van der Waals surface area contributed by atoms with Crippen LogP contribution >= 0.6 is 0 Å². The fourth-order valence-electron chi connectivity index (χ4n) is 11.7. The molecular formula is C51H85N3O38. The van der Waals surface area contributed by atoms with Crippen molar-refractivity contribution in [1.29, 1.82) is 0 Å². The Labute approximate surface area is 520 Å². The highest BCUT2D eigenvalue weighted by molar-refractivity contribution is 5.76. The van der Waals surface area contributed by atoms with Gasteiger partial charge < -0.3 is 185 Å². The van der Waals surface area contributed by atoms with Crippen LogP contribution in [0.25, 0.3) is 0 Å². The van der Waals surface area contributed by atoms with Crippen LogP contribution in [0.2, 0.25) is 0 Å². The molecule has 0 saturated carbocycles. The van der Waals surface area contributed by atoms with Gasteiger partial charge in [-0.2, -0.15) is 0 Å². The number of amides is 3. The first-order valence-corrected chi connectivity index (χ1v) is 29.1. The SMILES string of the molecule is CC(=O)N[C@@H]1[C@@H](O[C@@H]2O[C@H](CO)[C@H](O)[C@H](O[C@]3(C(=O)O)C[C@H](O)[C@@H](O)[C@H]([C@H](O)[C@H](O)CO)O3)[C@H]2O)[C@@H](O)[C@@H](CO[C@@H]2O[C@H](CO)[C@@H](O[C@@H]3O[C@@H](C)[C@@H](O)[C@@H](O)[C@@H]3O)[C@H](O[C@@H]3O[C@H](CO)[C@@H](O[C@@H]4O[C@H](CO)[C@H](O)[C@H](O)[C@H]4O)[C@H](O)[C@H]3NC(C)=O)[C@H]2NC(C)=O)O[C@@H]1O. The Kier molecular flexibility index (Phi) is 26.6. The smallest absolute Gasteiger partial charge is 0.364 e. The van der Waals surface area contributed by atoms with Crippen molar-refractivity contribution in [2.24, 2.45) is 0 Å². The van der Waals surface area contributed by atoms with Crippen LogP contribution in [0.1, 0.15) is 34.1 Å². The topological polar surface area (TPSA) is 649 Å². The van der Waals surface area contributed by atoms with Gasteiger partial charge >= 0.3 is 5.97 Å². The van der Waals surface area contributed by atoms with E-state index in [0.29, 0.717) is 0 Å². The third-order valence-corrected chi connectivity index (χ3v) is 16.7. The van der Waals surface area contributed by atoms with E-state index in [9.17, 15) is 126 Å². The number of aliphatic hydroxyl groups excluding tert-OH is 20. The average molecular weight is 1350 g/mol. The van der Waals surface area contributed by atoms with Crippen LogP contribution in [0, 0.1) is 0 Å². The molecule has 41 heteroatoms. The Balaban J connectivity index is 1.20. The minimum absolute atomic E-state index is 0.900. The molecule has 0 radical (unpaired) electrons. The number of carboxylic acids is 1. The maximum absolute atomic E-state index is 13.3. The molecule has 7 rings (SSSR count). The molecule has 0 aliphatic carbocycles. The van der Waals surface area contributed by atoms with Crippen molar-refractivity contribution >= 4 is 23.7 Å². The number of carbonyl (C=O) groups is 4. The van der Waals surface area contributed by atoms with Crippen LogP contribution in [0.4, 0.5) is 0 Å². The lowest BCUT2D eigenvalue weighted by molar-refractivity contribution is -0.387. The van der Waals surface area contributed by atoms with E-state index in [1.54, 1.807) is 0 Å². The Morgan fingerprint density at radius 1 is 0.467 bits per heavy atom. The van der Waals surface area contributed by atoms with E-state index in [1.165, 1.54) is 6.92 Å². The zero-order chi connectivity index (χ0) is 68.3. The van der Waals surface area contributed by atoms with Crippen LogP contribution in [-0.2, 0) is 80.8 Å². The van der Waals surface area contributed by atoms with Gasteiger partial charge in [0.15, 0.2) is 37.7 Å². The van der Waals surface area contributed by atoms with Crippen molar-refractivity contribution in [2.75, 3.05) is 39.6 Å². The lowest BCUT2D eigenvalue weighted by Gasteiger charge is -2.51. The third kappa shape index (κ3) is 16.4. The van der Waals surface area contributed by atoms with Crippen molar-refractivity contribution in [1.82, 2.24) is 16.0 Å². The molecule has 7 fully saturated rings. The quantitative estimate of drug-likeness (QED) is 0.0427. The lowest BCUT2D eigenvalue weighted by Crippen LogP contribution is -2.72. The molecule has 36 atom stereocenters. The van der Waals surface area contributed by atoms with Gasteiger partial charge in [-0.15, -0.1) is 0 Å². The summed E-state index contributed by atoms with van der Waals surface area (Å²) in [5, 5.41) is 234. The number of aliphatic hydroxyl groups is 20. The molecule has 92 heavy (non-hydrogen) atoms. The molecule has 3 amide bonds. The molecule has 532 valence electrons. The van der Waals surface area contributed by atoms with Crippen molar-refractivity contribution in [2.45, 2.75) is 254 Å². The van der Waals surface area contributed by atoms with Gasteiger partial charge in [-0.1, -0.05) is 0 Å². The normalized spacial score (nSPS) is 47.6. The Morgan fingerprint density at radius 2 is 0.935 bits per heavy atom. The molecule has 7 aliphatic heterocycles. The molecule has 0 aromatic heterocycles. The third-order valence-electron chi connectivity index (χ3n) is 16.7. The largest absolute Gasteiger partial charge is 0.477 e. The number of carbonyl (C=O) groups excluding carboxylic acids is 3. The summed E-state index contributed by atoms with van der Waals surface area (Å²) in [6, 6.07) is -5.61. The zero-order valence-electron chi connectivity index (χ0n) is 49.5. The number of nitrogens with one attached hydrogen (secondary N) is 3. The van der Waals surface area contributed by atoms with Gasteiger partial charge in [0.1, 0.15) is 165 Å². The van der Waals surface area contributed by atoms with Gasteiger partial charge in [0.2, 0.25) is 17.7 Å². The predicted octanol–water partition coefficient (Wildman–Crippen LogP) is -15.6. The summed E-state index contributed by atoms with van der Waals surface area (Å²) in [6.45, 7) is -2.32. The van der Waals surface area contributed by atoms with E-state index in [2.05, 4.69) is 16.0 Å². The Bertz CT molecular complexity index is 2400. The van der Waals surface area contributed by atoms with Crippen LogP contribution in [-0.4, -0.2) is 391 Å². The highest BCUT2D eigenvalue weighted by Crippen LogP contribution is 2.40. The van der Waals surface area contributed by atoms with Gasteiger partial charge in [-0.3, -0.25) is 14.4 Å². The highest BCUT2D eigenvalue weighted by atomic mass is 16.8. The van der Waals surface area contributed by atoms with Gasteiger partial charge in [-0.05, 0) is 6.92 Å². The summed E-state index contributed by atoms with van der Waals surface area (Å²) in [7, 11) is 0. The van der Waals surface area contributed by atoms with Gasteiger partial charge in [-0.25, -0.2) is 4.79 Å². The van der Waals surface area contributed by atoms with E-state index >= 15 is 0 Å². The number of rotatable bonds is 24. The molecule has 0 aromatic carbocycles. The molecule has 0 aromatic rings. The second-order valence-corrected chi connectivity index (χ2v) is 23.2. The fourth-order valence-corrected chi connectivity index (χ4v) is 11.7. The van der Waals surface area contributed by atoms with Gasteiger partial charge in [0.05, 0.1) is 51.8 Å². The monoisotopic (exact) mass is 1350 g/mol. The zero-order valence-corrected chi connectivity index (χ0v) is 49.5. The first-order chi connectivity index (χ1) is 43.3. The van der Waals surface area contributed by atoms with Gasteiger partial charge in [0.25, 0.3) is 5.79 Å². The van der Waals surface area contributed by atoms with E-state index < -0.39 is 290 Å². The van der Waals surface area contributed by atoms with Crippen molar-refractivity contribution in [3.8, 4) is 0 Å². The molecule has 0 bridgehead atoms. The number of hydrogen-bond acceptors (Lipinski definition) is 37. The van der Waals surface area contributed by atoms with Crippen molar-refractivity contribution in [3.05, 3.63) is 0 Å². The van der Waals surface area contributed by atoms with E-state index in [-0.39, 0.29) is 0 Å². The highest BCUT2D eigenvalue weighted by Gasteiger charge is 2.62. The molecule has 24 N–H and O–H groups in total. The number of hydrogen-bond donors (Lipinski definition) is 24. The summed E-state index contributed by atoms with van der Waals surface area (Å²) in [6.07, 6.45) is -66.0. The Morgan fingerprint density at radius 3 is 1.50 bits per heavy atom. The van der Waals surface area contributed by atoms with E-state index in [1.807, 2.05) is 0 Å². The van der Waals surface area contributed by atoms with Crippen LogP contribution in [0.3, 0.4) is 0 Å². The Hall–Kier alpha value is -3.44. The second-order valence-electron chi connectivity index (χ2n) is 23.2. The second kappa shape index (κ2) is 32.3. The van der Waals surface area contributed by atoms with Gasteiger partial charge in [0, 0.05) is 27.2 Å². The minimum Gasteiger partial charge on any atom is -0.477 e. The van der Waals surface area contributed by atoms with Crippen LogP contribution < -0.4 is 16.0 Å². The summed E-state index contributed by atoms with van der Waals surface area (Å²) in [5.41, 5.74) is 0. The summed E-state index contributed by atoms with van der Waals surface area (Å²) in [5.74, 6) is -8.12. The number of aliphatic carboxylic acids is 1. The molecule has 0 unspecified atom stereocenters. The molecule has 7 heterocycles. The number of ether oxygens (including phenoxy) is 13. The maximum Gasteiger partial charge on any atom is 0.364 e. The van der Waals surface area contributed by atoms with E-state index in [4.69, 9.17) is 61.6 Å². The molecule has 7 saturated heterocycles. The standard InChI is InChI=1S/C51H85N3O38/c1-12-26(65)33(72)35(74)47(81-12)88-39-21(10-59)85-45(25(54-15(4)62)41(39)90-46-23(52-13(2)60)32(71)38(20(9-58)86-46)87-48-36(75)34(73)29(68)18(7-56)83-48)80-11-22-31(70)40(24(44(77)82-22)53-14(3)61)89-49-37(76)43(30(69)19(8-57)84-49)92-51(50(78)79)5-16(63)27(66)42(91-51)28(67)17(64)6-55/h12,16-49,55-59,63-77H,5-11H2,1-4H3,(H,52,60)(H,53,61)(H,54,62)(H,78,79)/t12-,16-,17+,18+,19+,20+,21+,22+,23+,24+,25+,26+,27+,28+,29-,30-,31-,32+,33+,34-,35-,36+,37+,38+,39+,40+,41+,42+,43-,44-,45+,46-,47-,48-,49-,51-/m0/s1. The number of carboxylic acid groups (broad SMARTS) is 1. The molecule has 41 nitrogen and oxygen atoms in total. The van der Waals surface area contributed by atoms with Crippen molar-refractivity contribution in [3.63, 3.8) is 0 Å².